The molecule has 1 aromatic heterocycles. The number of fused-ring (bicyclic) bond motifs is 2. The first-order chi connectivity index (χ1) is 14.4. The molecule has 0 spiro atoms. The molecule has 2 aliphatic rings. The van der Waals surface area contributed by atoms with Crippen LogP contribution < -0.4 is 4.74 Å². The Kier molecular flexibility index (Phi) is 5.67. The number of nitrogens with zero attached hydrogens (tertiary/aromatic N) is 2. The Morgan fingerprint density at radius 1 is 1.33 bits per heavy atom. The Bertz CT molecular complexity index is 930. The fourth-order valence-electron chi connectivity index (χ4n) is 5.71. The lowest BCUT2D eigenvalue weighted by molar-refractivity contribution is 0.0766. The van der Waals surface area contributed by atoms with E-state index < -0.39 is 0 Å². The molecule has 4 rings (SSSR count). The molecule has 2 aromatic rings. The summed E-state index contributed by atoms with van der Waals surface area (Å²) in [4.78, 5) is 21.1. The summed E-state index contributed by atoms with van der Waals surface area (Å²) in [6.07, 6.45) is 3.10. The lowest BCUT2D eigenvalue weighted by Crippen LogP contribution is -2.52. The number of ether oxygens (including phenoxy) is 1. The van der Waals surface area contributed by atoms with Crippen molar-refractivity contribution in [3.05, 3.63) is 52.3 Å². The molecule has 162 valence electrons. The van der Waals surface area contributed by atoms with Crippen molar-refractivity contribution in [3.8, 4) is 5.75 Å². The highest BCUT2D eigenvalue weighted by Crippen LogP contribution is 2.49. The maximum absolute atomic E-state index is 13.1. The Balaban J connectivity index is 1.78. The number of methoxy groups -OCH3 is 1. The zero-order valence-electron chi connectivity index (χ0n) is 19.0. The summed E-state index contributed by atoms with van der Waals surface area (Å²) < 4.78 is 5.55. The minimum absolute atomic E-state index is 0.0842. The number of aromatic nitrogens is 1. The average Bonchev–Trinajstić information content (AvgIpc) is 3.08. The van der Waals surface area contributed by atoms with Crippen molar-refractivity contribution < 1.29 is 9.53 Å². The van der Waals surface area contributed by atoms with Crippen molar-refractivity contribution >= 4 is 5.91 Å². The molecule has 2 atom stereocenters. The van der Waals surface area contributed by atoms with Gasteiger partial charge in [-0.2, -0.15) is 0 Å². The summed E-state index contributed by atoms with van der Waals surface area (Å²) in [5.74, 6) is 1.58. The van der Waals surface area contributed by atoms with E-state index in [1.54, 1.807) is 7.11 Å². The molecule has 1 saturated heterocycles. The van der Waals surface area contributed by atoms with Gasteiger partial charge in [-0.1, -0.05) is 12.1 Å². The molecule has 5 heteroatoms. The number of amides is 1. The number of H-pyrrole nitrogens is 1. The molecule has 1 amide bonds. The zero-order valence-corrected chi connectivity index (χ0v) is 19.0. The highest BCUT2D eigenvalue weighted by molar-refractivity contribution is 5.94. The van der Waals surface area contributed by atoms with E-state index in [-0.39, 0.29) is 11.3 Å². The van der Waals surface area contributed by atoms with Crippen LogP contribution in [0.5, 0.6) is 5.75 Å². The largest absolute Gasteiger partial charge is 0.497 e. The van der Waals surface area contributed by atoms with Crippen LogP contribution in [-0.4, -0.2) is 61.0 Å². The lowest BCUT2D eigenvalue weighted by atomic mass is 9.58. The highest BCUT2D eigenvalue weighted by atomic mass is 16.5. The number of benzene rings is 1. The van der Waals surface area contributed by atoms with Crippen molar-refractivity contribution in [1.82, 2.24) is 14.8 Å². The quantitative estimate of drug-likeness (QED) is 0.817. The molecule has 1 aliphatic carbocycles. The molecule has 0 radical (unpaired) electrons. The van der Waals surface area contributed by atoms with Crippen LogP contribution in [0.15, 0.2) is 24.3 Å². The van der Waals surface area contributed by atoms with Gasteiger partial charge in [-0.05, 0) is 88.4 Å². The number of hydrogen-bond donors (Lipinski definition) is 1. The molecule has 1 aliphatic heterocycles. The Morgan fingerprint density at radius 2 is 2.10 bits per heavy atom. The van der Waals surface area contributed by atoms with Crippen LogP contribution in [0.3, 0.4) is 0 Å². The zero-order chi connectivity index (χ0) is 21.5. The summed E-state index contributed by atoms with van der Waals surface area (Å²) in [5.41, 5.74) is 6.01. The number of carbonyl (C=O) groups is 1. The topological polar surface area (TPSA) is 48.6 Å². The number of nitrogens with one attached hydrogen (secondary N) is 1. The molecule has 0 saturated carbocycles. The van der Waals surface area contributed by atoms with Gasteiger partial charge in [0.25, 0.3) is 5.91 Å². The SMILES string of the molecule is CCN(CC)C(=O)c1[nH]c2c(c1C)C[C@@H]1CN(C)CC[C@@]1(c1cccc(OC)c1)C2. The fraction of sp³-hybridized carbons (Fsp3) is 0.560. The number of piperidine rings is 1. The average molecular weight is 410 g/mol. The van der Waals surface area contributed by atoms with E-state index in [0.717, 1.165) is 62.4 Å². The van der Waals surface area contributed by atoms with Crippen molar-refractivity contribution in [2.24, 2.45) is 5.92 Å². The maximum atomic E-state index is 13.1. The van der Waals surface area contributed by atoms with Gasteiger partial charge in [-0.15, -0.1) is 0 Å². The summed E-state index contributed by atoms with van der Waals surface area (Å²) in [6.45, 7) is 9.86. The molecular formula is C25H35N3O2. The first-order valence-electron chi connectivity index (χ1n) is 11.3. The molecule has 5 nitrogen and oxygen atoms in total. The second-order valence-electron chi connectivity index (χ2n) is 9.04. The van der Waals surface area contributed by atoms with Crippen molar-refractivity contribution in [2.45, 2.75) is 45.4 Å². The van der Waals surface area contributed by atoms with E-state index in [9.17, 15) is 4.79 Å². The van der Waals surface area contributed by atoms with Crippen molar-refractivity contribution in [3.63, 3.8) is 0 Å². The van der Waals surface area contributed by atoms with Crippen molar-refractivity contribution in [2.75, 3.05) is 40.3 Å². The van der Waals surface area contributed by atoms with E-state index >= 15 is 0 Å². The van der Waals surface area contributed by atoms with Crippen molar-refractivity contribution in [1.29, 1.82) is 0 Å². The van der Waals surface area contributed by atoms with E-state index in [1.165, 1.54) is 16.8 Å². The highest BCUT2D eigenvalue weighted by Gasteiger charge is 2.48. The summed E-state index contributed by atoms with van der Waals surface area (Å²) >= 11 is 0. The number of rotatable bonds is 5. The van der Waals surface area contributed by atoms with E-state index in [4.69, 9.17) is 4.74 Å². The molecule has 0 unspecified atom stereocenters. The molecule has 1 N–H and O–H groups in total. The monoisotopic (exact) mass is 409 g/mol. The molecule has 1 fully saturated rings. The third kappa shape index (κ3) is 3.33. The third-order valence-electron chi connectivity index (χ3n) is 7.57. The van der Waals surface area contributed by atoms with Gasteiger partial charge in [0.1, 0.15) is 11.4 Å². The molecular weight excluding hydrogens is 374 g/mol. The van der Waals surface area contributed by atoms with Gasteiger partial charge in [-0.3, -0.25) is 4.79 Å². The fourth-order valence-corrected chi connectivity index (χ4v) is 5.71. The first-order valence-corrected chi connectivity index (χ1v) is 11.3. The minimum atomic E-state index is 0.0842. The predicted molar refractivity (Wildman–Crippen MR) is 120 cm³/mol. The first kappa shape index (κ1) is 21.0. The lowest BCUT2D eigenvalue weighted by Gasteiger charge is -2.50. The van der Waals surface area contributed by atoms with Crippen LogP contribution in [0.25, 0.3) is 0 Å². The summed E-state index contributed by atoms with van der Waals surface area (Å²) in [5, 5.41) is 0. The summed E-state index contributed by atoms with van der Waals surface area (Å²) in [7, 11) is 3.96. The Labute approximate surface area is 180 Å². The van der Waals surface area contributed by atoms with E-state index in [1.807, 2.05) is 24.8 Å². The minimum Gasteiger partial charge on any atom is -0.497 e. The number of aromatic amines is 1. The molecule has 0 bridgehead atoms. The van der Waals surface area contributed by atoms with Gasteiger partial charge in [0.2, 0.25) is 0 Å². The van der Waals surface area contributed by atoms with Gasteiger partial charge in [0, 0.05) is 30.7 Å². The normalized spacial score (nSPS) is 23.6. The van der Waals surface area contributed by atoms with E-state index in [0.29, 0.717) is 5.92 Å². The standard InChI is InChI=1S/C25H35N3O2/c1-6-28(7-2)24(29)23-17(3)21-14-19-16-27(4)12-11-25(19,15-22(21)26-23)18-9-8-10-20(13-18)30-5/h8-10,13,19,26H,6-7,11-12,14-16H2,1-5H3/t19-,25+/m1/s1. The smallest absolute Gasteiger partial charge is 0.270 e. The van der Waals surface area contributed by atoms with Gasteiger partial charge in [0.15, 0.2) is 0 Å². The van der Waals surface area contributed by atoms with Crippen LogP contribution in [0.1, 0.15) is 53.1 Å². The third-order valence-corrected chi connectivity index (χ3v) is 7.57. The van der Waals surface area contributed by atoms with E-state index in [2.05, 4.69) is 42.1 Å². The van der Waals surface area contributed by atoms with Crippen LogP contribution in [-0.2, 0) is 18.3 Å². The Hall–Kier alpha value is -2.27. The number of hydrogen-bond acceptors (Lipinski definition) is 3. The van der Waals surface area contributed by atoms with Crippen LogP contribution in [0.2, 0.25) is 0 Å². The second kappa shape index (κ2) is 8.10. The number of carbonyl (C=O) groups excluding carboxylic acids is 1. The second-order valence-corrected chi connectivity index (χ2v) is 9.04. The van der Waals surface area contributed by atoms with Crippen LogP contribution in [0.4, 0.5) is 0 Å². The van der Waals surface area contributed by atoms with Gasteiger partial charge in [0.05, 0.1) is 7.11 Å². The number of likely N-dealkylation sites (tertiary alicyclic amines) is 1. The van der Waals surface area contributed by atoms with Gasteiger partial charge >= 0.3 is 0 Å². The van der Waals surface area contributed by atoms with Crippen LogP contribution >= 0.6 is 0 Å². The maximum Gasteiger partial charge on any atom is 0.270 e. The molecule has 30 heavy (non-hydrogen) atoms. The summed E-state index contributed by atoms with van der Waals surface area (Å²) in [6, 6.07) is 8.63. The predicted octanol–water partition coefficient (Wildman–Crippen LogP) is 3.80. The van der Waals surface area contributed by atoms with Crippen LogP contribution in [0, 0.1) is 12.8 Å². The Morgan fingerprint density at radius 3 is 2.80 bits per heavy atom. The van der Waals surface area contributed by atoms with Gasteiger partial charge < -0.3 is 19.5 Å². The molecule has 1 aromatic carbocycles. The molecule has 2 heterocycles. The van der Waals surface area contributed by atoms with Gasteiger partial charge in [-0.25, -0.2) is 0 Å².